The maximum Gasteiger partial charge on any atom is 0.207 e. The zero-order valence-corrected chi connectivity index (χ0v) is 44.4. The van der Waals surface area contributed by atoms with Crippen LogP contribution in [0.15, 0.2) is 59.6 Å². The monoisotopic (exact) mass is 1010 g/mol. The molecular weight excluding hydrogens is 929 g/mol. The van der Waals surface area contributed by atoms with Crippen LogP contribution in [0.3, 0.4) is 0 Å². The Morgan fingerprint density at radius 3 is 2.66 bits per heavy atom. The number of likely N-dealkylation sites (N-methyl/N-ethyl adjacent to an activating group) is 1. The molecule has 5 fully saturated rings. The number of anilines is 1. The number of nitrogens with one attached hydrogen (secondary N) is 3. The van der Waals surface area contributed by atoms with Gasteiger partial charge < -0.3 is 44.9 Å². The normalized spacial score (nSPS) is 35.6. The van der Waals surface area contributed by atoms with Crippen molar-refractivity contribution in [3.8, 4) is 47.0 Å². The lowest BCUT2D eigenvalue weighted by Crippen LogP contribution is -2.54. The fourth-order valence-electron chi connectivity index (χ4n) is 16.3. The summed E-state index contributed by atoms with van der Waals surface area (Å²) in [5, 5.41) is 43.0. The van der Waals surface area contributed by atoms with Crippen LogP contribution in [0, 0.1) is 82.7 Å². The van der Waals surface area contributed by atoms with Crippen LogP contribution in [0.1, 0.15) is 140 Å². The van der Waals surface area contributed by atoms with Crippen molar-refractivity contribution in [2.45, 2.75) is 159 Å². The average Bonchev–Trinajstić information content (AvgIpc) is 4.25. The molecular formula is C62H82N4O8. The molecule has 398 valence electrons. The number of hydrogen-bond donors (Lipinski definition) is 6. The lowest BCUT2D eigenvalue weighted by molar-refractivity contribution is -0.145. The van der Waals surface area contributed by atoms with Gasteiger partial charge in [-0.25, -0.2) is 0 Å². The van der Waals surface area contributed by atoms with E-state index in [9.17, 15) is 15.3 Å². The van der Waals surface area contributed by atoms with Crippen LogP contribution >= 0.6 is 0 Å². The number of aromatic hydroxyl groups is 1. The van der Waals surface area contributed by atoms with Gasteiger partial charge in [-0.1, -0.05) is 68.7 Å². The van der Waals surface area contributed by atoms with Crippen molar-refractivity contribution in [1.82, 2.24) is 10.6 Å². The molecule has 2 heterocycles. The number of fused-ring (bicyclic) bond motifs is 9. The number of allylic oxidation sites excluding steroid dienone is 4. The number of carbonyl (C=O) groups excluding carboxylic acids is 1. The topological polar surface area (TPSA) is 163 Å². The number of phenols is 1. The van der Waals surface area contributed by atoms with Crippen LogP contribution in [0.4, 0.5) is 5.69 Å². The van der Waals surface area contributed by atoms with Crippen LogP contribution in [0.5, 0.6) is 23.0 Å². The SMILES string of the molecule is CC[C@H]1C=C[C@H]2[C@H](C1)[C@H]1/C=C/C(=O)[C@]3(Cc4ccc(O)c(OC)c4)CCC[C@@H]3CC#CNC(=NC)Nc3cc(cc4c3OC#CC[C@@H]3C[C@@](CNC)(C[C@H]3C[C@H](O)OC3CCCC3)O4)[C@]13CCC[C@@H]3[C@H]2CCCO. The third kappa shape index (κ3) is 10.2. The molecule has 6 aliphatic carbocycles. The van der Waals surface area contributed by atoms with Crippen LogP contribution in [-0.4, -0.2) is 79.4 Å². The predicted molar refractivity (Wildman–Crippen MR) is 289 cm³/mol. The van der Waals surface area contributed by atoms with E-state index in [1.165, 1.54) is 0 Å². The van der Waals surface area contributed by atoms with E-state index in [1.807, 2.05) is 25.3 Å². The van der Waals surface area contributed by atoms with Crippen molar-refractivity contribution in [1.29, 1.82) is 0 Å². The smallest absolute Gasteiger partial charge is 0.207 e. The zero-order chi connectivity index (χ0) is 51.5. The molecule has 0 saturated heterocycles. The highest BCUT2D eigenvalue weighted by Crippen LogP contribution is 2.66. The number of nitrogens with zero attached hydrogens (tertiary/aromatic N) is 1. The molecule has 74 heavy (non-hydrogen) atoms. The summed E-state index contributed by atoms with van der Waals surface area (Å²) >= 11 is 0. The van der Waals surface area contributed by atoms with Crippen molar-refractivity contribution in [2.24, 2.45) is 63.7 Å². The largest absolute Gasteiger partial charge is 0.504 e. The Hall–Kier alpha value is -4.98. The lowest BCUT2D eigenvalue weighted by atomic mass is 9.46. The van der Waals surface area contributed by atoms with Crippen molar-refractivity contribution in [3.63, 3.8) is 0 Å². The Bertz CT molecular complexity index is 2570. The molecule has 5 saturated carbocycles. The molecule has 8 aliphatic rings. The zero-order valence-electron chi connectivity index (χ0n) is 44.4. The van der Waals surface area contributed by atoms with Gasteiger partial charge in [0.05, 0.1) is 18.9 Å². The first-order chi connectivity index (χ1) is 36.0. The number of rotatable bonds is 13. The van der Waals surface area contributed by atoms with Gasteiger partial charge in [0, 0.05) is 56.3 Å². The maximum absolute atomic E-state index is 15.8. The number of aliphatic hydroxyl groups excluding tert-OH is 2. The summed E-state index contributed by atoms with van der Waals surface area (Å²) in [6.45, 7) is 3.04. The fourth-order valence-corrected chi connectivity index (χ4v) is 16.3. The van der Waals surface area contributed by atoms with E-state index >= 15 is 4.79 Å². The summed E-state index contributed by atoms with van der Waals surface area (Å²) in [7, 11) is 5.29. The molecule has 10 rings (SSSR count). The second-order valence-corrected chi connectivity index (χ2v) is 23.5. The second-order valence-electron chi connectivity index (χ2n) is 23.5. The summed E-state index contributed by atoms with van der Waals surface area (Å²) in [4.78, 5) is 20.5. The molecule has 13 atom stereocenters. The number of aliphatic imine (C=N–C) groups is 1. The molecule has 0 amide bonds. The average molecular weight is 1010 g/mol. The van der Waals surface area contributed by atoms with E-state index in [0.29, 0.717) is 78.9 Å². The minimum absolute atomic E-state index is 0.00115. The molecule has 1 spiro atoms. The molecule has 2 aromatic rings. The Morgan fingerprint density at radius 2 is 1.86 bits per heavy atom. The molecule has 0 radical (unpaired) electrons. The van der Waals surface area contributed by atoms with Gasteiger partial charge in [-0.15, -0.1) is 0 Å². The van der Waals surface area contributed by atoms with E-state index in [-0.39, 0.29) is 59.8 Å². The van der Waals surface area contributed by atoms with Crippen molar-refractivity contribution in [3.05, 3.63) is 65.8 Å². The highest BCUT2D eigenvalue weighted by molar-refractivity contribution is 5.97. The number of carbonyl (C=O) groups is 1. The van der Waals surface area contributed by atoms with E-state index in [1.54, 1.807) is 20.2 Å². The van der Waals surface area contributed by atoms with E-state index in [0.717, 1.165) is 114 Å². The Kier molecular flexibility index (Phi) is 16.1. The van der Waals surface area contributed by atoms with Gasteiger partial charge in [0.1, 0.15) is 11.7 Å². The lowest BCUT2D eigenvalue weighted by Gasteiger charge is -2.58. The molecule has 2 aromatic carbocycles. The first-order valence-corrected chi connectivity index (χ1v) is 28.4. The number of methoxy groups -OCH3 is 1. The molecule has 0 unspecified atom stereocenters. The second kappa shape index (κ2) is 22.7. The first-order valence-electron chi connectivity index (χ1n) is 28.4. The molecule has 2 aliphatic heterocycles. The summed E-state index contributed by atoms with van der Waals surface area (Å²) in [5.41, 5.74) is 1.03. The van der Waals surface area contributed by atoms with Gasteiger partial charge in [-0.2, -0.15) is 0 Å². The predicted octanol–water partition coefficient (Wildman–Crippen LogP) is 9.96. The number of phenolic OH excluding ortho intramolecular Hbond substituents is 1. The van der Waals surface area contributed by atoms with Crippen molar-refractivity contribution in [2.75, 3.05) is 39.7 Å². The fraction of sp³-hybridized carbons (Fsp3) is 0.645. The summed E-state index contributed by atoms with van der Waals surface area (Å²) in [5.74, 6) is 10.9. The molecule has 12 nitrogen and oxygen atoms in total. The Morgan fingerprint density at radius 1 is 1.01 bits per heavy atom. The van der Waals surface area contributed by atoms with Gasteiger partial charge in [0.15, 0.2) is 29.3 Å². The van der Waals surface area contributed by atoms with Crippen molar-refractivity contribution < 1.29 is 39.1 Å². The molecule has 12 heteroatoms. The van der Waals surface area contributed by atoms with Crippen LogP contribution in [0.2, 0.25) is 0 Å². The molecule has 4 bridgehead atoms. The van der Waals surface area contributed by atoms with Crippen LogP contribution in [0.25, 0.3) is 0 Å². The number of guanidine groups is 1. The van der Waals surface area contributed by atoms with Gasteiger partial charge in [0.25, 0.3) is 0 Å². The number of ketones is 1. The number of benzene rings is 2. The van der Waals surface area contributed by atoms with Gasteiger partial charge >= 0.3 is 0 Å². The maximum atomic E-state index is 15.8. The quantitative estimate of drug-likeness (QED) is 0.0644. The molecule has 0 aromatic heterocycles. The van der Waals surface area contributed by atoms with Crippen LogP contribution in [-0.2, 0) is 21.4 Å². The molecule has 6 N–H and O–H groups in total. The van der Waals surface area contributed by atoms with Gasteiger partial charge in [0.2, 0.25) is 11.7 Å². The number of hydrogen-bond acceptors (Lipinski definition) is 10. The highest BCUT2D eigenvalue weighted by Gasteiger charge is 2.61. The number of ether oxygens (including phenoxy) is 4. The standard InChI is InChI=1S/C62H82N4O8/c1-5-40-20-22-47-48(18-11-29-67)50-19-9-27-62(50)45-34-52(58-55(35-45)74-60(39-63-2)37-42(13-12-30-72-58)43(38-60)33-57(70)73-46-16-6-7-17-46)66-59(64-3)65-28-10-15-44-14-8-26-61(44,56(69)25-23-51(62)49(47)31-40)36-41-21-24-53(68)54(32-41)71-4/h20-25,32,34-35,40,42-44,46-51,57,63,67-68,70H,5-9,11,13-19,26-27,29,31,33,36-39H2,1-4H3,(H2,64,65,66)/b25-23+/t40-,42+,43+,44+,47+,48-,49-,50+,51+,57+,60-,61-,62-/m0/s1. The van der Waals surface area contributed by atoms with Crippen LogP contribution < -0.4 is 30.2 Å². The third-order valence-electron chi connectivity index (χ3n) is 19.6. The van der Waals surface area contributed by atoms with Gasteiger partial charge in [-0.05, 0) is 185 Å². The third-order valence-corrected chi connectivity index (χ3v) is 19.6. The van der Waals surface area contributed by atoms with Crippen molar-refractivity contribution >= 4 is 17.4 Å². The van der Waals surface area contributed by atoms with E-state index in [2.05, 4.69) is 77.2 Å². The highest BCUT2D eigenvalue weighted by atomic mass is 16.6. The van der Waals surface area contributed by atoms with Gasteiger partial charge in [-0.3, -0.25) is 15.1 Å². The summed E-state index contributed by atoms with van der Waals surface area (Å²) < 4.78 is 26.1. The summed E-state index contributed by atoms with van der Waals surface area (Å²) in [6, 6.07) is 13.2. The minimum Gasteiger partial charge on any atom is -0.504 e. The Balaban J connectivity index is 1.14. The summed E-state index contributed by atoms with van der Waals surface area (Å²) in [6.07, 6.45) is 28.9. The van der Waals surface area contributed by atoms with E-state index in [4.69, 9.17) is 23.9 Å². The first kappa shape index (κ1) is 52.5. The minimum atomic E-state index is -0.848. The number of aliphatic hydroxyl groups is 2. The Labute approximate surface area is 440 Å². The van der Waals surface area contributed by atoms with E-state index < -0.39 is 22.7 Å².